The van der Waals surface area contributed by atoms with Gasteiger partial charge >= 0.3 is 0 Å². The Kier molecular flexibility index (Phi) is 6.45. The lowest BCUT2D eigenvalue weighted by Crippen LogP contribution is -2.15. The minimum Gasteiger partial charge on any atom is -0.456 e. The highest BCUT2D eigenvalue weighted by Gasteiger charge is 2.36. The van der Waals surface area contributed by atoms with Crippen LogP contribution in [0, 0.1) is 55.4 Å². The molecule has 9 rings (SSSR count). The Bertz CT molecular complexity index is 2720. The number of hydrogen-bond acceptors (Lipinski definition) is 1. The topological polar surface area (TPSA) is 13.1 Å². The molecule has 8 aromatic rings. The SMILES string of the molecule is Cc1c(C)c(C)c2c(-c3cccc4oc5ccccc5c34)c3c(C)c(C)c(C)c(C)c3c(-c3ccc4c(c3)C(C)(C)c3ccccc3-4)c2c1C. The number of furan rings is 1. The smallest absolute Gasteiger partial charge is 0.136 e. The second-order valence-corrected chi connectivity index (χ2v) is 15.5. The number of hydrogen-bond donors (Lipinski definition) is 0. The highest BCUT2D eigenvalue weighted by atomic mass is 16.3. The van der Waals surface area contributed by atoms with Crippen molar-refractivity contribution in [1.29, 1.82) is 0 Å². The number of aryl methyl sites for hydroxylation is 4. The van der Waals surface area contributed by atoms with Crippen LogP contribution in [0.1, 0.15) is 69.5 Å². The van der Waals surface area contributed by atoms with E-state index in [0.29, 0.717) is 0 Å². The molecule has 0 unspecified atom stereocenters. The van der Waals surface area contributed by atoms with E-state index in [1.54, 1.807) is 0 Å². The summed E-state index contributed by atoms with van der Waals surface area (Å²) >= 11 is 0. The molecule has 1 aromatic heterocycles. The summed E-state index contributed by atoms with van der Waals surface area (Å²) in [6.45, 7) is 23.4. The number of fused-ring (bicyclic) bond motifs is 8. The van der Waals surface area contributed by atoms with Crippen molar-refractivity contribution < 1.29 is 4.42 Å². The summed E-state index contributed by atoms with van der Waals surface area (Å²) in [4.78, 5) is 0. The van der Waals surface area contributed by atoms with Crippen molar-refractivity contribution in [3.63, 3.8) is 0 Å². The third-order valence-electron chi connectivity index (χ3n) is 12.9. The molecule has 0 saturated carbocycles. The lowest BCUT2D eigenvalue weighted by Gasteiger charge is -2.28. The number of rotatable bonds is 2. The van der Waals surface area contributed by atoms with Gasteiger partial charge in [-0.15, -0.1) is 0 Å². The minimum atomic E-state index is -0.0829. The van der Waals surface area contributed by atoms with Crippen molar-refractivity contribution in [1.82, 2.24) is 0 Å². The summed E-state index contributed by atoms with van der Waals surface area (Å²) < 4.78 is 6.51. The molecule has 1 heteroatoms. The van der Waals surface area contributed by atoms with Crippen LogP contribution in [0.5, 0.6) is 0 Å². The highest BCUT2D eigenvalue weighted by Crippen LogP contribution is 2.54. The summed E-state index contributed by atoms with van der Waals surface area (Å²) in [5, 5.41) is 7.83. The fourth-order valence-corrected chi connectivity index (χ4v) is 9.53. The van der Waals surface area contributed by atoms with E-state index in [0.717, 1.165) is 11.2 Å². The molecule has 0 bridgehead atoms. The second kappa shape index (κ2) is 10.4. The monoisotopic (exact) mass is 648 g/mol. The first-order valence-electron chi connectivity index (χ1n) is 18.0. The summed E-state index contributed by atoms with van der Waals surface area (Å²) in [5.74, 6) is 0. The molecule has 0 aliphatic heterocycles. The molecule has 0 amide bonds. The van der Waals surface area contributed by atoms with Crippen LogP contribution in [0.15, 0.2) is 89.3 Å². The molecular weight excluding hydrogens is 605 g/mol. The number of benzene rings is 7. The van der Waals surface area contributed by atoms with E-state index in [1.807, 2.05) is 0 Å². The standard InChI is InChI=1S/C49H44O/c1-25-27(3)31(7)44-42(29(25)5)46(33-22-23-35-34-16-11-13-19-38(34)49(9,10)39(35)24-33)43-30(6)26(2)28(4)32(8)45(43)48(44)37-18-15-21-41-47(37)36-17-12-14-20-40(36)50-41/h11-24H,1-10H3. The van der Waals surface area contributed by atoms with Gasteiger partial charge in [0.05, 0.1) is 0 Å². The Balaban J connectivity index is 1.54. The molecule has 1 aliphatic rings. The van der Waals surface area contributed by atoms with Gasteiger partial charge in [0.25, 0.3) is 0 Å². The third-order valence-corrected chi connectivity index (χ3v) is 12.9. The van der Waals surface area contributed by atoms with Gasteiger partial charge in [-0.25, -0.2) is 0 Å². The Labute approximate surface area is 295 Å². The van der Waals surface area contributed by atoms with E-state index in [-0.39, 0.29) is 5.41 Å². The van der Waals surface area contributed by atoms with Gasteiger partial charge in [0.1, 0.15) is 11.2 Å². The van der Waals surface area contributed by atoms with Crippen molar-refractivity contribution in [2.24, 2.45) is 0 Å². The maximum atomic E-state index is 6.51. The first-order valence-corrected chi connectivity index (χ1v) is 18.0. The highest BCUT2D eigenvalue weighted by molar-refractivity contribution is 6.28. The van der Waals surface area contributed by atoms with E-state index in [1.165, 1.54) is 121 Å². The van der Waals surface area contributed by atoms with Gasteiger partial charge in [-0.2, -0.15) is 0 Å². The van der Waals surface area contributed by atoms with Gasteiger partial charge in [0.15, 0.2) is 0 Å². The zero-order chi connectivity index (χ0) is 35.0. The van der Waals surface area contributed by atoms with Gasteiger partial charge in [0, 0.05) is 16.2 Å². The van der Waals surface area contributed by atoms with Crippen LogP contribution in [0.2, 0.25) is 0 Å². The second-order valence-electron chi connectivity index (χ2n) is 15.5. The Morgan fingerprint density at radius 3 is 1.54 bits per heavy atom. The largest absolute Gasteiger partial charge is 0.456 e. The molecule has 0 atom stereocenters. The van der Waals surface area contributed by atoms with Gasteiger partial charge < -0.3 is 4.42 Å². The summed E-state index contributed by atoms with van der Waals surface area (Å²) in [5.41, 5.74) is 23.5. The molecule has 0 N–H and O–H groups in total. The molecule has 0 radical (unpaired) electrons. The fraction of sp³-hybridized carbons (Fsp3) is 0.224. The molecule has 1 nitrogen and oxygen atoms in total. The molecule has 0 saturated heterocycles. The third kappa shape index (κ3) is 3.84. The predicted molar refractivity (Wildman–Crippen MR) is 215 cm³/mol. The van der Waals surface area contributed by atoms with Gasteiger partial charge in [-0.05, 0) is 184 Å². The van der Waals surface area contributed by atoms with Crippen LogP contribution in [0.3, 0.4) is 0 Å². The van der Waals surface area contributed by atoms with E-state index in [4.69, 9.17) is 4.42 Å². The lowest BCUT2D eigenvalue weighted by atomic mass is 9.75. The Morgan fingerprint density at radius 1 is 0.400 bits per heavy atom. The Hall–Kier alpha value is -5.14. The van der Waals surface area contributed by atoms with Crippen LogP contribution < -0.4 is 0 Å². The van der Waals surface area contributed by atoms with Crippen molar-refractivity contribution in [2.45, 2.75) is 74.7 Å². The average Bonchev–Trinajstić information content (AvgIpc) is 3.62. The van der Waals surface area contributed by atoms with Crippen molar-refractivity contribution in [3.8, 4) is 33.4 Å². The molecular formula is C49H44O. The van der Waals surface area contributed by atoms with Crippen molar-refractivity contribution in [3.05, 3.63) is 141 Å². The fourth-order valence-electron chi connectivity index (χ4n) is 9.53. The summed E-state index contributed by atoms with van der Waals surface area (Å²) in [6.07, 6.45) is 0. The summed E-state index contributed by atoms with van der Waals surface area (Å²) in [6, 6.07) is 31.5. The van der Waals surface area contributed by atoms with Crippen molar-refractivity contribution >= 4 is 43.5 Å². The maximum absolute atomic E-state index is 6.51. The van der Waals surface area contributed by atoms with Crippen LogP contribution in [0.25, 0.3) is 76.9 Å². The lowest BCUT2D eigenvalue weighted by molar-refractivity contribution is 0.660. The zero-order valence-electron chi connectivity index (χ0n) is 31.0. The predicted octanol–water partition coefficient (Wildman–Crippen LogP) is 14.0. The van der Waals surface area contributed by atoms with E-state index >= 15 is 0 Å². The number of para-hydroxylation sites is 1. The van der Waals surface area contributed by atoms with E-state index < -0.39 is 0 Å². The molecule has 0 fully saturated rings. The van der Waals surface area contributed by atoms with Gasteiger partial charge in [-0.3, -0.25) is 0 Å². The Morgan fingerprint density at radius 2 is 0.900 bits per heavy atom. The first kappa shape index (κ1) is 30.9. The molecule has 7 aromatic carbocycles. The normalized spacial score (nSPS) is 13.6. The van der Waals surface area contributed by atoms with Crippen LogP contribution in [-0.4, -0.2) is 0 Å². The van der Waals surface area contributed by atoms with E-state index in [2.05, 4.69) is 154 Å². The zero-order valence-corrected chi connectivity index (χ0v) is 31.0. The quantitative estimate of drug-likeness (QED) is 0.170. The maximum Gasteiger partial charge on any atom is 0.136 e. The van der Waals surface area contributed by atoms with Crippen LogP contribution >= 0.6 is 0 Å². The molecule has 246 valence electrons. The van der Waals surface area contributed by atoms with Crippen LogP contribution in [-0.2, 0) is 5.41 Å². The molecule has 0 spiro atoms. The van der Waals surface area contributed by atoms with Crippen molar-refractivity contribution in [2.75, 3.05) is 0 Å². The summed E-state index contributed by atoms with van der Waals surface area (Å²) in [7, 11) is 0. The minimum absolute atomic E-state index is 0.0829. The van der Waals surface area contributed by atoms with E-state index in [9.17, 15) is 0 Å². The molecule has 1 aliphatic carbocycles. The molecule has 1 heterocycles. The van der Waals surface area contributed by atoms with Gasteiger partial charge in [-0.1, -0.05) is 80.6 Å². The van der Waals surface area contributed by atoms with Gasteiger partial charge in [0.2, 0.25) is 0 Å². The van der Waals surface area contributed by atoms with Crippen LogP contribution in [0.4, 0.5) is 0 Å². The first-order chi connectivity index (χ1) is 23.9. The molecule has 50 heavy (non-hydrogen) atoms. The average molecular weight is 649 g/mol.